The fraction of sp³-hybridized carbons (Fsp3) is 0.562. The van der Waals surface area contributed by atoms with Gasteiger partial charge in [-0.1, -0.05) is 37.3 Å². The van der Waals surface area contributed by atoms with Crippen LogP contribution in [0.1, 0.15) is 37.8 Å². The topological polar surface area (TPSA) is 41.6 Å². The van der Waals surface area contributed by atoms with Crippen LogP contribution in [-0.2, 0) is 9.53 Å². The zero-order chi connectivity index (χ0) is 14.4. The van der Waals surface area contributed by atoms with E-state index >= 15 is 0 Å². The molecular formula is C16H24N2O2. The Kier molecular flexibility index (Phi) is 5.56. The first-order chi connectivity index (χ1) is 9.77. The standard InChI is InChI=1S/C16H24N2O2/c1-3-14-17-15(13-9-5-4-6-10-13)16(19)18(14)11-7-8-12-20-2/h4-6,9-10,14-15,17H,3,7-8,11-12H2,1-2H3. The van der Waals surface area contributed by atoms with Gasteiger partial charge in [0.05, 0.1) is 6.17 Å². The van der Waals surface area contributed by atoms with Crippen LogP contribution in [0.4, 0.5) is 0 Å². The zero-order valence-electron chi connectivity index (χ0n) is 12.3. The van der Waals surface area contributed by atoms with E-state index in [1.807, 2.05) is 35.2 Å². The molecule has 2 atom stereocenters. The molecular weight excluding hydrogens is 252 g/mol. The number of rotatable bonds is 7. The van der Waals surface area contributed by atoms with Gasteiger partial charge in [-0.3, -0.25) is 10.1 Å². The van der Waals surface area contributed by atoms with Crippen molar-refractivity contribution in [2.45, 2.75) is 38.4 Å². The predicted molar refractivity (Wildman–Crippen MR) is 79.2 cm³/mol. The third-order valence-electron chi connectivity index (χ3n) is 3.78. The van der Waals surface area contributed by atoms with Gasteiger partial charge in [0.15, 0.2) is 0 Å². The average molecular weight is 276 g/mol. The number of carbonyl (C=O) groups excluding carboxylic acids is 1. The van der Waals surface area contributed by atoms with E-state index in [2.05, 4.69) is 12.2 Å². The summed E-state index contributed by atoms with van der Waals surface area (Å²) in [5, 5.41) is 3.44. The SMILES string of the molecule is CCC1NC(c2ccccc2)C(=O)N1CCCCOC. The predicted octanol–water partition coefficient (Wildman–Crippen LogP) is 2.32. The molecule has 0 spiro atoms. The number of ether oxygens (including phenoxy) is 1. The van der Waals surface area contributed by atoms with Gasteiger partial charge in [0.1, 0.15) is 6.04 Å². The maximum Gasteiger partial charge on any atom is 0.245 e. The number of nitrogens with one attached hydrogen (secondary N) is 1. The van der Waals surface area contributed by atoms with Crippen molar-refractivity contribution in [2.24, 2.45) is 0 Å². The van der Waals surface area contributed by atoms with Crippen LogP contribution in [0, 0.1) is 0 Å². The summed E-state index contributed by atoms with van der Waals surface area (Å²) in [6, 6.07) is 9.76. The molecule has 1 amide bonds. The highest BCUT2D eigenvalue weighted by molar-refractivity contribution is 5.85. The Morgan fingerprint density at radius 3 is 2.65 bits per heavy atom. The summed E-state index contributed by atoms with van der Waals surface area (Å²) in [5.74, 6) is 0.195. The third-order valence-corrected chi connectivity index (χ3v) is 3.78. The lowest BCUT2D eigenvalue weighted by Gasteiger charge is -2.22. The first-order valence-electron chi connectivity index (χ1n) is 7.38. The van der Waals surface area contributed by atoms with Gasteiger partial charge in [-0.25, -0.2) is 0 Å². The maximum atomic E-state index is 12.6. The lowest BCUT2D eigenvalue weighted by atomic mass is 10.1. The first-order valence-corrected chi connectivity index (χ1v) is 7.38. The summed E-state index contributed by atoms with van der Waals surface area (Å²) in [7, 11) is 1.71. The van der Waals surface area contributed by atoms with Crippen LogP contribution in [0.25, 0.3) is 0 Å². The smallest absolute Gasteiger partial charge is 0.245 e. The van der Waals surface area contributed by atoms with Gasteiger partial charge < -0.3 is 9.64 Å². The second-order valence-corrected chi connectivity index (χ2v) is 5.17. The number of hydrogen-bond acceptors (Lipinski definition) is 3. The second-order valence-electron chi connectivity index (χ2n) is 5.17. The Balaban J connectivity index is 2.00. The molecule has 1 aliphatic rings. The van der Waals surface area contributed by atoms with Crippen LogP contribution in [0.15, 0.2) is 30.3 Å². The molecule has 1 N–H and O–H groups in total. The van der Waals surface area contributed by atoms with Gasteiger partial charge in [0.25, 0.3) is 0 Å². The first kappa shape index (κ1) is 15.0. The minimum Gasteiger partial charge on any atom is -0.385 e. The number of amides is 1. The molecule has 1 fully saturated rings. The van der Waals surface area contributed by atoms with Crippen LogP contribution in [-0.4, -0.2) is 37.2 Å². The Morgan fingerprint density at radius 2 is 2.00 bits per heavy atom. The van der Waals surface area contributed by atoms with Crippen LogP contribution >= 0.6 is 0 Å². The van der Waals surface area contributed by atoms with E-state index in [0.717, 1.165) is 38.0 Å². The molecule has 1 aromatic rings. The van der Waals surface area contributed by atoms with Crippen LogP contribution in [0.5, 0.6) is 0 Å². The number of hydrogen-bond donors (Lipinski definition) is 1. The van der Waals surface area contributed by atoms with Gasteiger partial charge in [-0.05, 0) is 24.8 Å². The Hall–Kier alpha value is -1.39. The molecule has 4 nitrogen and oxygen atoms in total. The summed E-state index contributed by atoms with van der Waals surface area (Å²) in [5.41, 5.74) is 1.05. The minimum absolute atomic E-state index is 0.148. The fourth-order valence-electron chi connectivity index (χ4n) is 2.69. The monoisotopic (exact) mass is 276 g/mol. The molecule has 0 radical (unpaired) electrons. The molecule has 2 rings (SSSR count). The average Bonchev–Trinajstić information content (AvgIpc) is 2.81. The summed E-state index contributed by atoms with van der Waals surface area (Å²) in [4.78, 5) is 14.6. The van der Waals surface area contributed by atoms with Gasteiger partial charge in [0.2, 0.25) is 5.91 Å². The van der Waals surface area contributed by atoms with E-state index in [1.54, 1.807) is 7.11 Å². The molecule has 1 saturated heterocycles. The number of carbonyl (C=O) groups is 1. The minimum atomic E-state index is -0.191. The van der Waals surface area contributed by atoms with Gasteiger partial charge in [-0.15, -0.1) is 0 Å². The molecule has 1 aliphatic heterocycles. The molecule has 0 aromatic heterocycles. The van der Waals surface area contributed by atoms with E-state index < -0.39 is 0 Å². The highest BCUT2D eigenvalue weighted by atomic mass is 16.5. The molecule has 1 heterocycles. The molecule has 0 bridgehead atoms. The Labute approximate surface area is 121 Å². The summed E-state index contributed by atoms with van der Waals surface area (Å²) < 4.78 is 5.06. The van der Waals surface area contributed by atoms with Crippen LogP contribution in [0.2, 0.25) is 0 Å². The second kappa shape index (κ2) is 7.41. The summed E-state index contributed by atoms with van der Waals surface area (Å²) >= 11 is 0. The fourth-order valence-corrected chi connectivity index (χ4v) is 2.69. The van der Waals surface area contributed by atoms with Crippen molar-refractivity contribution in [3.05, 3.63) is 35.9 Å². The van der Waals surface area contributed by atoms with Crippen molar-refractivity contribution in [3.8, 4) is 0 Å². The number of methoxy groups -OCH3 is 1. The normalized spacial score (nSPS) is 22.5. The highest BCUT2D eigenvalue weighted by Gasteiger charge is 2.37. The van der Waals surface area contributed by atoms with E-state index in [1.165, 1.54) is 0 Å². The molecule has 1 aromatic carbocycles. The molecule has 110 valence electrons. The van der Waals surface area contributed by atoms with Crippen molar-refractivity contribution < 1.29 is 9.53 Å². The number of unbranched alkanes of at least 4 members (excludes halogenated alkanes) is 1. The van der Waals surface area contributed by atoms with Crippen molar-refractivity contribution in [1.82, 2.24) is 10.2 Å². The third kappa shape index (κ3) is 3.38. The van der Waals surface area contributed by atoms with Gasteiger partial charge in [0, 0.05) is 20.3 Å². The van der Waals surface area contributed by atoms with E-state index in [9.17, 15) is 4.79 Å². The van der Waals surface area contributed by atoms with E-state index in [0.29, 0.717) is 0 Å². The van der Waals surface area contributed by atoms with Crippen molar-refractivity contribution >= 4 is 5.91 Å². The Morgan fingerprint density at radius 1 is 1.25 bits per heavy atom. The van der Waals surface area contributed by atoms with Crippen LogP contribution in [0.3, 0.4) is 0 Å². The lowest BCUT2D eigenvalue weighted by molar-refractivity contribution is -0.130. The number of nitrogens with zero attached hydrogens (tertiary/aromatic N) is 1. The molecule has 20 heavy (non-hydrogen) atoms. The van der Waals surface area contributed by atoms with Gasteiger partial charge >= 0.3 is 0 Å². The molecule has 0 aliphatic carbocycles. The Bertz CT molecular complexity index is 422. The zero-order valence-corrected chi connectivity index (χ0v) is 12.3. The molecule has 2 unspecified atom stereocenters. The summed E-state index contributed by atoms with van der Waals surface area (Å²) in [6.07, 6.45) is 3.06. The van der Waals surface area contributed by atoms with Crippen molar-refractivity contribution in [2.75, 3.05) is 20.3 Å². The molecule has 4 heteroatoms. The number of benzene rings is 1. The van der Waals surface area contributed by atoms with E-state index in [-0.39, 0.29) is 18.1 Å². The van der Waals surface area contributed by atoms with Gasteiger partial charge in [-0.2, -0.15) is 0 Å². The lowest BCUT2D eigenvalue weighted by Crippen LogP contribution is -2.37. The molecule has 0 saturated carbocycles. The largest absolute Gasteiger partial charge is 0.385 e. The highest BCUT2D eigenvalue weighted by Crippen LogP contribution is 2.25. The van der Waals surface area contributed by atoms with Crippen LogP contribution < -0.4 is 5.32 Å². The summed E-state index contributed by atoms with van der Waals surface area (Å²) in [6.45, 7) is 3.67. The van der Waals surface area contributed by atoms with Crippen molar-refractivity contribution in [1.29, 1.82) is 0 Å². The van der Waals surface area contributed by atoms with E-state index in [4.69, 9.17) is 4.74 Å². The maximum absolute atomic E-state index is 12.6. The quantitative estimate of drug-likeness (QED) is 0.777. The van der Waals surface area contributed by atoms with Crippen molar-refractivity contribution in [3.63, 3.8) is 0 Å².